The zero-order valence-electron chi connectivity index (χ0n) is 21.4. The molecule has 35 heavy (non-hydrogen) atoms. The van der Waals surface area contributed by atoms with E-state index in [0.29, 0.717) is 40.2 Å². The average molecular weight is 499 g/mol. The van der Waals surface area contributed by atoms with Crippen LogP contribution in [0.4, 0.5) is 0 Å². The molecule has 0 spiro atoms. The lowest BCUT2D eigenvalue weighted by Crippen LogP contribution is -2.31. The molecule has 0 unspecified atom stereocenters. The van der Waals surface area contributed by atoms with Gasteiger partial charge in [0.2, 0.25) is 5.16 Å². The number of aromatic amines is 1. The Bertz CT molecular complexity index is 1480. The number of nitrogens with zero attached hydrogens (tertiary/aromatic N) is 7. The Morgan fingerprint density at radius 2 is 1.77 bits per heavy atom. The smallest absolute Gasteiger partial charge is 0.319 e. The fraction of sp³-hybridized carbons (Fsp3) is 0.583. The molecule has 4 heterocycles. The standard InChI is InChI=1S/C24H34N8O2S/c1-7-9-11-17-15(5)25-22-28-23(29-32(22)16(17)6)35-13-18-26-20-19(31(18)14(3)4)21(33)27-24(34)30(20)12-10-8-2/h14H,7-13H2,1-6H3,(H,27,33,34). The van der Waals surface area contributed by atoms with Crippen molar-refractivity contribution in [1.29, 1.82) is 0 Å². The number of fused-ring (bicyclic) bond motifs is 2. The van der Waals surface area contributed by atoms with Crippen LogP contribution in [0, 0.1) is 13.8 Å². The van der Waals surface area contributed by atoms with E-state index in [4.69, 9.17) is 10.1 Å². The topological polar surface area (TPSA) is 116 Å². The van der Waals surface area contributed by atoms with Crippen molar-refractivity contribution in [2.75, 3.05) is 0 Å². The van der Waals surface area contributed by atoms with Crippen LogP contribution in [0.25, 0.3) is 16.9 Å². The highest BCUT2D eigenvalue weighted by molar-refractivity contribution is 7.98. The molecule has 0 saturated heterocycles. The molecule has 11 heteroatoms. The van der Waals surface area contributed by atoms with Crippen molar-refractivity contribution in [3.05, 3.63) is 43.6 Å². The molecule has 0 amide bonds. The second-order valence-electron chi connectivity index (χ2n) is 9.19. The number of hydrogen-bond donors (Lipinski definition) is 1. The third-order valence-corrected chi connectivity index (χ3v) is 7.13. The number of imidazole rings is 1. The largest absolute Gasteiger partial charge is 0.330 e. The van der Waals surface area contributed by atoms with Gasteiger partial charge in [-0.2, -0.15) is 4.98 Å². The second kappa shape index (κ2) is 10.3. The Morgan fingerprint density at radius 3 is 2.46 bits per heavy atom. The summed E-state index contributed by atoms with van der Waals surface area (Å²) in [6.45, 7) is 12.9. The van der Waals surface area contributed by atoms with Crippen molar-refractivity contribution >= 4 is 28.7 Å². The average Bonchev–Trinajstić information content (AvgIpc) is 3.39. The Hall–Kier alpha value is -2.95. The molecular weight excluding hydrogens is 464 g/mol. The van der Waals surface area contributed by atoms with Crippen molar-refractivity contribution in [1.82, 2.24) is 38.7 Å². The number of unbranched alkanes of at least 4 members (excludes halogenated alkanes) is 2. The third kappa shape index (κ3) is 4.78. The van der Waals surface area contributed by atoms with Crippen LogP contribution in [-0.2, 0) is 18.7 Å². The monoisotopic (exact) mass is 498 g/mol. The molecule has 1 N–H and O–H groups in total. The van der Waals surface area contributed by atoms with Crippen molar-refractivity contribution < 1.29 is 0 Å². The third-order valence-electron chi connectivity index (χ3n) is 6.29. The van der Waals surface area contributed by atoms with Crippen LogP contribution in [-0.4, -0.2) is 38.7 Å². The maximum Gasteiger partial charge on any atom is 0.330 e. The number of nitrogens with one attached hydrogen (secondary N) is 1. The van der Waals surface area contributed by atoms with Gasteiger partial charge in [0.05, 0.1) is 5.75 Å². The molecule has 0 aliphatic heterocycles. The van der Waals surface area contributed by atoms with Crippen LogP contribution in [0.1, 0.15) is 82.2 Å². The molecule has 0 saturated carbocycles. The lowest BCUT2D eigenvalue weighted by molar-refractivity contribution is 0.593. The first-order valence-corrected chi connectivity index (χ1v) is 13.3. The first-order valence-electron chi connectivity index (χ1n) is 12.4. The van der Waals surface area contributed by atoms with Gasteiger partial charge in [-0.25, -0.2) is 19.3 Å². The van der Waals surface area contributed by atoms with E-state index in [-0.39, 0.29) is 6.04 Å². The van der Waals surface area contributed by atoms with E-state index in [9.17, 15) is 9.59 Å². The number of hydrogen-bond acceptors (Lipinski definition) is 7. The quantitative estimate of drug-likeness (QED) is 0.329. The molecule has 0 fully saturated rings. The van der Waals surface area contributed by atoms with Gasteiger partial charge in [-0.15, -0.1) is 5.10 Å². The SMILES string of the molecule is CCCCc1c(C)nc2nc(SCc3nc4c(c(=O)[nH]c(=O)n4CCCC)n3C(C)C)nn2c1C. The molecular formula is C24H34N8O2S. The zero-order valence-corrected chi connectivity index (χ0v) is 22.2. The van der Waals surface area contributed by atoms with E-state index in [2.05, 4.69) is 35.7 Å². The summed E-state index contributed by atoms with van der Waals surface area (Å²) in [5.41, 5.74) is 3.35. The number of H-pyrrole nitrogens is 1. The Balaban J connectivity index is 1.71. The van der Waals surface area contributed by atoms with Crippen LogP contribution in [0.15, 0.2) is 14.7 Å². The van der Waals surface area contributed by atoms with Gasteiger partial charge in [0.15, 0.2) is 11.2 Å². The Morgan fingerprint density at radius 1 is 1.03 bits per heavy atom. The second-order valence-corrected chi connectivity index (χ2v) is 10.1. The highest BCUT2D eigenvalue weighted by atomic mass is 32.2. The van der Waals surface area contributed by atoms with E-state index >= 15 is 0 Å². The van der Waals surface area contributed by atoms with Gasteiger partial charge >= 0.3 is 5.69 Å². The minimum atomic E-state index is -0.415. The minimum absolute atomic E-state index is 0.00413. The van der Waals surface area contributed by atoms with Crippen LogP contribution in [0.2, 0.25) is 0 Å². The summed E-state index contributed by atoms with van der Waals surface area (Å²) in [6, 6.07) is -0.00413. The molecule has 0 bridgehead atoms. The van der Waals surface area contributed by atoms with E-state index in [1.54, 1.807) is 4.57 Å². The van der Waals surface area contributed by atoms with Gasteiger partial charge in [0, 0.05) is 24.0 Å². The number of rotatable bonds is 10. The van der Waals surface area contributed by atoms with Gasteiger partial charge in [-0.3, -0.25) is 14.3 Å². The van der Waals surface area contributed by atoms with Gasteiger partial charge in [0.25, 0.3) is 11.3 Å². The predicted octanol–water partition coefficient (Wildman–Crippen LogP) is 3.96. The maximum absolute atomic E-state index is 12.8. The Kier molecular flexibility index (Phi) is 7.44. The van der Waals surface area contributed by atoms with E-state index in [0.717, 1.165) is 43.5 Å². The molecule has 0 aliphatic rings. The van der Waals surface area contributed by atoms with E-state index in [1.165, 1.54) is 17.3 Å². The Labute approximate surface area is 208 Å². The molecule has 10 nitrogen and oxygen atoms in total. The van der Waals surface area contributed by atoms with Gasteiger partial charge in [-0.05, 0) is 52.5 Å². The highest BCUT2D eigenvalue weighted by Crippen LogP contribution is 2.25. The molecule has 0 aliphatic carbocycles. The molecule has 4 aromatic heterocycles. The first-order chi connectivity index (χ1) is 16.8. The van der Waals surface area contributed by atoms with Crippen molar-refractivity contribution in [3.8, 4) is 0 Å². The maximum atomic E-state index is 12.8. The molecule has 0 radical (unpaired) electrons. The predicted molar refractivity (Wildman–Crippen MR) is 138 cm³/mol. The fourth-order valence-corrected chi connectivity index (χ4v) is 5.21. The molecule has 0 atom stereocenters. The highest BCUT2D eigenvalue weighted by Gasteiger charge is 2.21. The van der Waals surface area contributed by atoms with E-state index < -0.39 is 11.2 Å². The summed E-state index contributed by atoms with van der Waals surface area (Å²) >= 11 is 1.45. The number of aromatic nitrogens is 8. The summed E-state index contributed by atoms with van der Waals surface area (Å²) in [5.74, 6) is 1.76. The number of aryl methyl sites for hydroxylation is 3. The van der Waals surface area contributed by atoms with Crippen molar-refractivity contribution in [2.24, 2.45) is 0 Å². The number of thioether (sulfide) groups is 1. The van der Waals surface area contributed by atoms with Crippen LogP contribution >= 0.6 is 11.8 Å². The molecule has 4 rings (SSSR count). The summed E-state index contributed by atoms with van der Waals surface area (Å²) in [6.07, 6.45) is 4.98. The van der Waals surface area contributed by atoms with Crippen LogP contribution in [0.3, 0.4) is 0 Å². The molecule has 188 valence electrons. The zero-order chi connectivity index (χ0) is 25.3. The van der Waals surface area contributed by atoms with Crippen LogP contribution < -0.4 is 11.2 Å². The van der Waals surface area contributed by atoms with Gasteiger partial charge < -0.3 is 4.57 Å². The normalized spacial score (nSPS) is 12.0. The first kappa shape index (κ1) is 25.2. The lowest BCUT2D eigenvalue weighted by Gasteiger charge is -2.12. The van der Waals surface area contributed by atoms with Crippen molar-refractivity contribution in [3.63, 3.8) is 0 Å². The van der Waals surface area contributed by atoms with Crippen molar-refractivity contribution in [2.45, 2.75) is 97.1 Å². The van der Waals surface area contributed by atoms with Gasteiger partial charge in [-0.1, -0.05) is 38.5 Å². The van der Waals surface area contributed by atoms with Crippen LogP contribution in [0.5, 0.6) is 0 Å². The summed E-state index contributed by atoms with van der Waals surface area (Å²) in [4.78, 5) is 41.8. The fourth-order valence-electron chi connectivity index (χ4n) is 4.46. The lowest BCUT2D eigenvalue weighted by atomic mass is 10.1. The van der Waals surface area contributed by atoms with Gasteiger partial charge in [0.1, 0.15) is 5.82 Å². The summed E-state index contributed by atoms with van der Waals surface area (Å²) in [5, 5.41) is 5.31. The molecule has 4 aromatic rings. The summed E-state index contributed by atoms with van der Waals surface area (Å²) in [7, 11) is 0. The summed E-state index contributed by atoms with van der Waals surface area (Å²) < 4.78 is 5.30. The molecule has 0 aromatic carbocycles. The minimum Gasteiger partial charge on any atom is -0.319 e. The van der Waals surface area contributed by atoms with E-state index in [1.807, 2.05) is 29.9 Å².